The Morgan fingerprint density at radius 1 is 0.902 bits per heavy atom. The van der Waals surface area contributed by atoms with Crippen LogP contribution < -0.4 is 5.73 Å². The van der Waals surface area contributed by atoms with Crippen LogP contribution >= 0.6 is 21.6 Å². The second kappa shape index (κ2) is 21.7. The van der Waals surface area contributed by atoms with Crippen molar-refractivity contribution in [3.8, 4) is 0 Å². The number of allylic oxidation sites excluding steroid dienone is 1. The number of aliphatic hydroxyl groups is 5. The Bertz CT molecular complexity index is 1350. The van der Waals surface area contributed by atoms with Crippen LogP contribution in [0.2, 0.25) is 0 Å². The zero-order chi connectivity index (χ0) is 36.8. The van der Waals surface area contributed by atoms with Crippen LogP contribution in [0.1, 0.15) is 87.0 Å². The lowest BCUT2D eigenvalue weighted by molar-refractivity contribution is -0.149. The lowest BCUT2D eigenvalue weighted by atomic mass is 9.71. The number of hydrogen-bond donors (Lipinski definition) is 7. The molecule has 2 aromatic rings. The van der Waals surface area contributed by atoms with Crippen molar-refractivity contribution >= 4 is 27.6 Å². The molecule has 0 amide bonds. The number of carboxylic acids is 1. The van der Waals surface area contributed by atoms with Crippen molar-refractivity contribution in [3.05, 3.63) is 82.9 Å². The zero-order valence-corrected chi connectivity index (χ0v) is 31.8. The number of aryl methyl sites for hydroxylation is 1. The highest BCUT2D eigenvalue weighted by molar-refractivity contribution is 8.76. The maximum Gasteiger partial charge on any atom is 0.309 e. The van der Waals surface area contributed by atoms with Crippen molar-refractivity contribution in [1.29, 1.82) is 0 Å². The van der Waals surface area contributed by atoms with E-state index < -0.39 is 30.2 Å². The summed E-state index contributed by atoms with van der Waals surface area (Å²) in [5.74, 6) is -0.0295. The SMILES string of the molecule is C[C@H](O)[C@H](C(=O)O)[C@H]1CCc2ccccc2CSSC[C@H](Cc2cccc(CO)c2)[C@H](CC=C[C@H](O)[C@H](O)C2CCC(O)CC2)CC[C@@H]1CCN. The molecule has 0 radical (unpaired) electrons. The molecule has 0 bridgehead atoms. The van der Waals surface area contributed by atoms with E-state index in [0.717, 1.165) is 48.3 Å². The fourth-order valence-electron chi connectivity index (χ4n) is 8.47. The van der Waals surface area contributed by atoms with Gasteiger partial charge >= 0.3 is 5.97 Å². The highest BCUT2D eigenvalue weighted by Gasteiger charge is 2.38. The lowest BCUT2D eigenvalue weighted by Crippen LogP contribution is -2.38. The number of benzene rings is 2. The predicted octanol–water partition coefficient (Wildman–Crippen LogP) is 6.14. The van der Waals surface area contributed by atoms with E-state index in [-0.39, 0.29) is 42.3 Å². The van der Waals surface area contributed by atoms with E-state index in [1.807, 2.05) is 45.9 Å². The van der Waals surface area contributed by atoms with Gasteiger partial charge in [-0.05, 0) is 136 Å². The van der Waals surface area contributed by atoms with Crippen molar-refractivity contribution in [3.63, 3.8) is 0 Å². The molecule has 1 aliphatic heterocycles. The smallest absolute Gasteiger partial charge is 0.309 e. The van der Waals surface area contributed by atoms with Crippen molar-refractivity contribution in [2.24, 2.45) is 41.2 Å². The van der Waals surface area contributed by atoms with Crippen molar-refractivity contribution in [1.82, 2.24) is 0 Å². The lowest BCUT2D eigenvalue weighted by Gasteiger charge is -2.35. The Balaban J connectivity index is 1.66. The third kappa shape index (κ3) is 12.9. The molecule has 1 aliphatic carbocycles. The first kappa shape index (κ1) is 41.9. The third-order valence-electron chi connectivity index (χ3n) is 11.4. The molecule has 2 aromatic carbocycles. The highest BCUT2D eigenvalue weighted by atomic mass is 33.1. The van der Waals surface area contributed by atoms with E-state index in [1.165, 1.54) is 11.1 Å². The maximum absolute atomic E-state index is 12.7. The molecule has 8 N–H and O–H groups in total. The first-order valence-corrected chi connectivity index (χ1v) is 21.4. The Labute approximate surface area is 312 Å². The second-order valence-corrected chi connectivity index (χ2v) is 17.5. The summed E-state index contributed by atoms with van der Waals surface area (Å²) < 4.78 is 0. The number of aliphatic hydroxyl groups excluding tert-OH is 5. The predicted molar refractivity (Wildman–Crippen MR) is 208 cm³/mol. The Kier molecular flexibility index (Phi) is 17.8. The number of nitrogens with two attached hydrogens (primary N) is 1. The normalized spacial score (nSPS) is 27.9. The van der Waals surface area contributed by atoms with Crippen LogP contribution in [0.3, 0.4) is 0 Å². The summed E-state index contributed by atoms with van der Waals surface area (Å²) >= 11 is 0. The molecule has 2 aliphatic rings. The average Bonchev–Trinajstić information content (AvgIpc) is 3.12. The number of aliphatic carboxylic acids is 1. The van der Waals surface area contributed by atoms with Gasteiger partial charge in [0.1, 0.15) is 0 Å². The van der Waals surface area contributed by atoms with Crippen molar-refractivity contribution in [2.45, 2.75) is 114 Å². The second-order valence-electron chi connectivity index (χ2n) is 15.0. The Morgan fingerprint density at radius 2 is 1.61 bits per heavy atom. The molecular weight excluding hydrogens is 683 g/mol. The van der Waals surface area contributed by atoms with Gasteiger partial charge in [-0.2, -0.15) is 0 Å². The minimum absolute atomic E-state index is 0.00161. The van der Waals surface area contributed by atoms with Gasteiger partial charge in [0, 0.05) is 11.5 Å². The maximum atomic E-state index is 12.7. The zero-order valence-electron chi connectivity index (χ0n) is 30.1. The summed E-state index contributed by atoms with van der Waals surface area (Å²) in [6, 6.07) is 16.5. The molecule has 0 unspecified atom stereocenters. The Morgan fingerprint density at radius 3 is 2.29 bits per heavy atom. The number of hydrogen-bond acceptors (Lipinski definition) is 9. The number of rotatable bonds is 13. The topological polar surface area (TPSA) is 164 Å². The first-order valence-electron chi connectivity index (χ1n) is 18.9. The highest BCUT2D eigenvalue weighted by Crippen LogP contribution is 2.40. The summed E-state index contributed by atoms with van der Waals surface area (Å²) in [7, 11) is 3.71. The van der Waals surface area contributed by atoms with Gasteiger partial charge in [0.2, 0.25) is 0 Å². The van der Waals surface area contributed by atoms with Crippen LogP contribution in [0.5, 0.6) is 0 Å². The molecule has 4 rings (SSSR count). The summed E-state index contributed by atoms with van der Waals surface area (Å²) in [4.78, 5) is 12.7. The fraction of sp³-hybridized carbons (Fsp3) is 0.634. The first-order chi connectivity index (χ1) is 24.6. The molecule has 8 nitrogen and oxygen atoms in total. The van der Waals surface area contributed by atoms with Gasteiger partial charge < -0.3 is 36.4 Å². The van der Waals surface area contributed by atoms with Crippen LogP contribution in [0.15, 0.2) is 60.7 Å². The molecule has 1 saturated carbocycles. The van der Waals surface area contributed by atoms with Crippen LogP contribution in [0.4, 0.5) is 0 Å². The summed E-state index contributed by atoms with van der Waals surface area (Å²) in [6.07, 6.45) is 8.33. The van der Waals surface area contributed by atoms with Crippen LogP contribution in [0.25, 0.3) is 0 Å². The number of carboxylic acid groups (broad SMARTS) is 1. The largest absolute Gasteiger partial charge is 0.481 e. The molecule has 8 atom stereocenters. The van der Waals surface area contributed by atoms with Gasteiger partial charge in [-0.15, -0.1) is 0 Å². The number of carbonyl (C=O) groups is 1. The fourth-order valence-corrected chi connectivity index (χ4v) is 11.1. The quantitative estimate of drug-likeness (QED) is 0.0936. The van der Waals surface area contributed by atoms with Gasteiger partial charge in [-0.3, -0.25) is 4.79 Å². The summed E-state index contributed by atoms with van der Waals surface area (Å²) in [5.41, 5.74) is 10.7. The summed E-state index contributed by atoms with van der Waals surface area (Å²) in [5, 5.41) is 62.9. The van der Waals surface area contributed by atoms with E-state index in [4.69, 9.17) is 5.73 Å². The average molecular weight is 744 g/mol. The van der Waals surface area contributed by atoms with Crippen molar-refractivity contribution < 1.29 is 35.4 Å². The molecule has 284 valence electrons. The molecule has 0 saturated heterocycles. The number of fused-ring (bicyclic) bond motifs is 1. The monoisotopic (exact) mass is 743 g/mol. The molecule has 1 fully saturated rings. The molecular formula is C41H61NO7S2. The minimum atomic E-state index is -1.00. The molecule has 0 spiro atoms. The van der Waals surface area contributed by atoms with E-state index in [1.54, 1.807) is 13.0 Å². The van der Waals surface area contributed by atoms with Gasteiger partial charge in [0.05, 0.1) is 36.9 Å². The standard InChI is InChI=1S/C41H61NO7S2/c1-27(44)39(41(48)49)37-19-16-30-8-2-3-9-34(30)25-50-51-26-35(23-28-6-4-7-29(22-28)24-43)31(12-13-32(37)20-21-42)10-5-11-38(46)40(47)33-14-17-36(45)18-15-33/h2-9,11,22,27,31-33,35-40,43-47H,10,12-21,23-26,42H2,1H3,(H,48,49)/t27-,31+,32+,33?,35-,36?,37-,38-,39-,40+/m0/s1. The van der Waals surface area contributed by atoms with Crippen LogP contribution in [-0.2, 0) is 30.0 Å². The summed E-state index contributed by atoms with van der Waals surface area (Å²) in [6.45, 7) is 2.00. The third-order valence-corrected chi connectivity index (χ3v) is 13.9. The van der Waals surface area contributed by atoms with E-state index in [0.29, 0.717) is 51.5 Å². The molecule has 0 aromatic heterocycles. The van der Waals surface area contributed by atoms with Gasteiger partial charge in [-0.1, -0.05) is 82.3 Å². The van der Waals surface area contributed by atoms with Crippen LogP contribution in [0, 0.1) is 35.5 Å². The van der Waals surface area contributed by atoms with E-state index in [9.17, 15) is 35.4 Å². The van der Waals surface area contributed by atoms with Gasteiger partial charge in [0.15, 0.2) is 0 Å². The van der Waals surface area contributed by atoms with Crippen molar-refractivity contribution in [2.75, 3.05) is 12.3 Å². The molecule has 1 heterocycles. The molecule has 51 heavy (non-hydrogen) atoms. The van der Waals surface area contributed by atoms with Crippen LogP contribution in [-0.4, -0.2) is 73.3 Å². The van der Waals surface area contributed by atoms with E-state index in [2.05, 4.69) is 30.3 Å². The van der Waals surface area contributed by atoms with Gasteiger partial charge in [-0.25, -0.2) is 0 Å². The van der Waals surface area contributed by atoms with Gasteiger partial charge in [0.25, 0.3) is 0 Å². The minimum Gasteiger partial charge on any atom is -0.481 e. The Hall–Kier alpha value is -1.89. The molecule has 10 heteroatoms. The van der Waals surface area contributed by atoms with E-state index >= 15 is 0 Å².